The molecule has 118 valence electrons. The summed E-state index contributed by atoms with van der Waals surface area (Å²) in [5.41, 5.74) is 7.91. The number of hydrogen-bond acceptors (Lipinski definition) is 5. The second-order valence-electron chi connectivity index (χ2n) is 5.25. The standard InChI is InChI=1S/C16H17BN2O4/c18-8-16(20)19-9-11-1-3-13(4-2-11)23-14-5-6-15-12(7-14)10-22-17(15)21/h1-7,21H,8-10,18H2,(H,19,20). The molecule has 6 nitrogen and oxygen atoms in total. The van der Waals surface area contributed by atoms with Crippen molar-refractivity contribution in [2.24, 2.45) is 5.73 Å². The lowest BCUT2D eigenvalue weighted by atomic mass is 9.80. The zero-order chi connectivity index (χ0) is 16.2. The summed E-state index contributed by atoms with van der Waals surface area (Å²) in [5.74, 6) is 1.19. The van der Waals surface area contributed by atoms with Gasteiger partial charge in [-0.15, -0.1) is 0 Å². The normalized spacial score (nSPS) is 12.9. The molecule has 1 aliphatic rings. The molecule has 0 atom stereocenters. The molecular formula is C16H17BN2O4. The first-order chi connectivity index (χ1) is 11.2. The molecule has 23 heavy (non-hydrogen) atoms. The topological polar surface area (TPSA) is 93.8 Å². The van der Waals surface area contributed by atoms with Gasteiger partial charge in [0, 0.05) is 6.54 Å². The maximum absolute atomic E-state index is 11.1. The Morgan fingerprint density at radius 3 is 2.74 bits per heavy atom. The molecule has 0 saturated carbocycles. The van der Waals surface area contributed by atoms with E-state index in [1.807, 2.05) is 30.3 Å². The average Bonchev–Trinajstić information content (AvgIpc) is 2.94. The van der Waals surface area contributed by atoms with E-state index in [4.69, 9.17) is 15.1 Å². The van der Waals surface area contributed by atoms with Gasteiger partial charge < -0.3 is 25.5 Å². The van der Waals surface area contributed by atoms with E-state index in [0.29, 0.717) is 24.7 Å². The maximum atomic E-state index is 11.1. The number of hydrogen-bond donors (Lipinski definition) is 3. The molecule has 1 heterocycles. The van der Waals surface area contributed by atoms with E-state index in [1.165, 1.54) is 0 Å². The molecule has 0 spiro atoms. The summed E-state index contributed by atoms with van der Waals surface area (Å²) in [5, 5.41) is 12.3. The number of nitrogens with one attached hydrogen (secondary N) is 1. The second kappa shape index (κ2) is 6.83. The van der Waals surface area contributed by atoms with Gasteiger partial charge in [-0.25, -0.2) is 0 Å². The Balaban J connectivity index is 1.63. The molecule has 4 N–H and O–H groups in total. The molecule has 1 aliphatic heterocycles. The lowest BCUT2D eigenvalue weighted by molar-refractivity contribution is -0.119. The van der Waals surface area contributed by atoms with Crippen molar-refractivity contribution >= 4 is 18.5 Å². The minimum absolute atomic E-state index is 0.0159. The first-order valence-corrected chi connectivity index (χ1v) is 7.32. The van der Waals surface area contributed by atoms with Crippen molar-refractivity contribution < 1.29 is 19.2 Å². The van der Waals surface area contributed by atoms with E-state index in [0.717, 1.165) is 16.6 Å². The van der Waals surface area contributed by atoms with Crippen LogP contribution < -0.4 is 21.3 Å². The SMILES string of the molecule is NCC(=O)NCc1ccc(Oc2ccc3c(c2)COB3O)cc1. The van der Waals surface area contributed by atoms with Gasteiger partial charge in [0.15, 0.2) is 0 Å². The number of ether oxygens (including phenoxy) is 1. The van der Waals surface area contributed by atoms with Crippen LogP contribution in [0.2, 0.25) is 0 Å². The molecule has 0 aromatic heterocycles. The summed E-state index contributed by atoms with van der Waals surface area (Å²) >= 11 is 0. The van der Waals surface area contributed by atoms with Gasteiger partial charge in [-0.2, -0.15) is 0 Å². The fourth-order valence-electron chi connectivity index (χ4n) is 2.35. The van der Waals surface area contributed by atoms with Crippen molar-refractivity contribution in [3.8, 4) is 11.5 Å². The number of benzene rings is 2. The fourth-order valence-corrected chi connectivity index (χ4v) is 2.35. The quantitative estimate of drug-likeness (QED) is 0.689. The molecule has 0 fully saturated rings. The highest BCUT2D eigenvalue weighted by molar-refractivity contribution is 6.61. The molecule has 3 rings (SSSR count). The molecule has 0 saturated heterocycles. The number of fused-ring (bicyclic) bond motifs is 1. The first kappa shape index (κ1) is 15.5. The third-order valence-electron chi connectivity index (χ3n) is 3.61. The smallest absolute Gasteiger partial charge is 0.457 e. The van der Waals surface area contributed by atoms with Crippen LogP contribution >= 0.6 is 0 Å². The van der Waals surface area contributed by atoms with Crippen molar-refractivity contribution in [1.29, 1.82) is 0 Å². The van der Waals surface area contributed by atoms with Crippen LogP contribution in [0.4, 0.5) is 0 Å². The van der Waals surface area contributed by atoms with Gasteiger partial charge in [-0.3, -0.25) is 4.79 Å². The van der Waals surface area contributed by atoms with Crippen molar-refractivity contribution in [3.05, 3.63) is 53.6 Å². The van der Waals surface area contributed by atoms with Gasteiger partial charge in [-0.05, 0) is 40.9 Å². The molecule has 0 aliphatic carbocycles. The van der Waals surface area contributed by atoms with Crippen LogP contribution in [0.3, 0.4) is 0 Å². The molecule has 2 aromatic rings. The Kier molecular flexibility index (Phi) is 4.61. The number of carbonyl (C=O) groups is 1. The summed E-state index contributed by atoms with van der Waals surface area (Å²) in [6.45, 7) is 0.801. The lowest BCUT2D eigenvalue weighted by Crippen LogP contribution is -2.29. The van der Waals surface area contributed by atoms with Crippen LogP contribution in [0.15, 0.2) is 42.5 Å². The highest BCUT2D eigenvalue weighted by atomic mass is 16.5. The first-order valence-electron chi connectivity index (χ1n) is 7.32. The van der Waals surface area contributed by atoms with E-state index in [1.54, 1.807) is 12.1 Å². The molecular weight excluding hydrogens is 295 g/mol. The summed E-state index contributed by atoms with van der Waals surface area (Å²) < 4.78 is 11.0. The summed E-state index contributed by atoms with van der Waals surface area (Å²) in [7, 11) is -0.845. The Morgan fingerprint density at radius 1 is 1.26 bits per heavy atom. The van der Waals surface area contributed by atoms with E-state index >= 15 is 0 Å². The predicted molar refractivity (Wildman–Crippen MR) is 86.3 cm³/mol. The fraction of sp³-hybridized carbons (Fsp3) is 0.188. The summed E-state index contributed by atoms with van der Waals surface area (Å²) in [6, 6.07) is 12.9. The summed E-state index contributed by atoms with van der Waals surface area (Å²) in [4.78, 5) is 11.1. The predicted octanol–water partition coefficient (Wildman–Crippen LogP) is 0.271. The van der Waals surface area contributed by atoms with Gasteiger partial charge in [0.05, 0.1) is 13.2 Å². The Bertz CT molecular complexity index is 706. The van der Waals surface area contributed by atoms with Crippen LogP contribution in [-0.4, -0.2) is 24.6 Å². The molecule has 7 heteroatoms. The zero-order valence-corrected chi connectivity index (χ0v) is 12.5. The highest BCUT2D eigenvalue weighted by Crippen LogP contribution is 2.24. The maximum Gasteiger partial charge on any atom is 0.491 e. The average molecular weight is 312 g/mol. The minimum Gasteiger partial charge on any atom is -0.457 e. The number of rotatable bonds is 5. The number of nitrogens with two attached hydrogens (primary N) is 1. The Hall–Kier alpha value is -2.35. The Morgan fingerprint density at radius 2 is 2.00 bits per heavy atom. The van der Waals surface area contributed by atoms with E-state index in [2.05, 4.69) is 5.32 Å². The van der Waals surface area contributed by atoms with Gasteiger partial charge in [0.2, 0.25) is 5.91 Å². The van der Waals surface area contributed by atoms with Gasteiger partial charge in [-0.1, -0.05) is 18.2 Å². The van der Waals surface area contributed by atoms with Gasteiger partial charge in [0.25, 0.3) is 0 Å². The van der Waals surface area contributed by atoms with Gasteiger partial charge >= 0.3 is 7.12 Å². The third kappa shape index (κ3) is 3.71. The van der Waals surface area contributed by atoms with Crippen LogP contribution in [0.1, 0.15) is 11.1 Å². The molecule has 0 bridgehead atoms. The van der Waals surface area contributed by atoms with Crippen molar-refractivity contribution in [2.45, 2.75) is 13.2 Å². The highest BCUT2D eigenvalue weighted by Gasteiger charge is 2.27. The Labute approximate surface area is 134 Å². The molecule has 1 amide bonds. The van der Waals surface area contributed by atoms with Crippen molar-refractivity contribution in [2.75, 3.05) is 6.54 Å². The van der Waals surface area contributed by atoms with Crippen molar-refractivity contribution in [1.82, 2.24) is 5.32 Å². The largest absolute Gasteiger partial charge is 0.491 e. The molecule has 0 unspecified atom stereocenters. The van der Waals surface area contributed by atoms with E-state index in [-0.39, 0.29) is 12.5 Å². The van der Waals surface area contributed by atoms with E-state index in [9.17, 15) is 9.82 Å². The summed E-state index contributed by atoms with van der Waals surface area (Å²) in [6.07, 6.45) is 0. The second-order valence-corrected chi connectivity index (χ2v) is 5.25. The van der Waals surface area contributed by atoms with Gasteiger partial charge in [0.1, 0.15) is 11.5 Å². The molecule has 0 radical (unpaired) electrons. The monoisotopic (exact) mass is 312 g/mol. The van der Waals surface area contributed by atoms with Crippen LogP contribution in [0, 0.1) is 0 Å². The lowest BCUT2D eigenvalue weighted by Gasteiger charge is -2.09. The zero-order valence-electron chi connectivity index (χ0n) is 12.5. The molecule has 2 aromatic carbocycles. The van der Waals surface area contributed by atoms with Crippen LogP contribution in [0.5, 0.6) is 11.5 Å². The van der Waals surface area contributed by atoms with Crippen LogP contribution in [0.25, 0.3) is 0 Å². The number of amides is 1. The van der Waals surface area contributed by atoms with Crippen molar-refractivity contribution in [3.63, 3.8) is 0 Å². The van der Waals surface area contributed by atoms with E-state index < -0.39 is 7.12 Å². The third-order valence-corrected chi connectivity index (χ3v) is 3.61. The van der Waals surface area contributed by atoms with Crippen LogP contribution in [-0.2, 0) is 22.6 Å². The number of carbonyl (C=O) groups excluding carboxylic acids is 1. The minimum atomic E-state index is -0.845.